The zero-order valence-corrected chi connectivity index (χ0v) is 11.7. The molecule has 1 atom stereocenters. The summed E-state index contributed by atoms with van der Waals surface area (Å²) in [5.41, 5.74) is 0.921. The van der Waals surface area contributed by atoms with E-state index in [4.69, 9.17) is 27.9 Å². The van der Waals surface area contributed by atoms with Crippen LogP contribution in [0.2, 0.25) is 10.0 Å². The standard InChI is InChI=1S/C13H14Cl2N2O2/c14-12-2-1-10(5-13(12)15)7-19-8-11(18)6-17-4-3-16-9-17/h1-5,9,11,18H,6-8H2. The first-order valence-corrected chi connectivity index (χ1v) is 6.56. The molecule has 2 rings (SSSR count). The van der Waals surface area contributed by atoms with E-state index in [9.17, 15) is 5.11 Å². The van der Waals surface area contributed by atoms with E-state index in [0.717, 1.165) is 5.56 Å². The van der Waals surface area contributed by atoms with Crippen molar-refractivity contribution in [3.05, 3.63) is 52.5 Å². The molecule has 1 aromatic heterocycles. The van der Waals surface area contributed by atoms with Crippen molar-refractivity contribution in [2.75, 3.05) is 6.61 Å². The number of benzene rings is 1. The van der Waals surface area contributed by atoms with Crippen LogP contribution in [0.5, 0.6) is 0 Å². The predicted molar refractivity (Wildman–Crippen MR) is 74.4 cm³/mol. The van der Waals surface area contributed by atoms with Gasteiger partial charge in [-0.2, -0.15) is 0 Å². The minimum absolute atomic E-state index is 0.248. The fourth-order valence-corrected chi connectivity index (χ4v) is 1.95. The Labute approximate surface area is 121 Å². The third-order valence-electron chi connectivity index (χ3n) is 2.54. The number of hydrogen-bond acceptors (Lipinski definition) is 3. The van der Waals surface area contributed by atoms with Gasteiger partial charge in [0.25, 0.3) is 0 Å². The van der Waals surface area contributed by atoms with E-state index >= 15 is 0 Å². The molecule has 102 valence electrons. The maximum Gasteiger partial charge on any atom is 0.0952 e. The Morgan fingerprint density at radius 2 is 2.16 bits per heavy atom. The molecule has 0 spiro atoms. The average molecular weight is 301 g/mol. The molecule has 4 nitrogen and oxygen atoms in total. The molecule has 0 aliphatic carbocycles. The summed E-state index contributed by atoms with van der Waals surface area (Å²) in [6.45, 7) is 1.09. The smallest absolute Gasteiger partial charge is 0.0952 e. The van der Waals surface area contributed by atoms with Gasteiger partial charge in [0.05, 0.1) is 42.2 Å². The molecule has 1 aromatic carbocycles. The van der Waals surface area contributed by atoms with Crippen LogP contribution in [0.1, 0.15) is 5.56 Å². The topological polar surface area (TPSA) is 47.3 Å². The predicted octanol–water partition coefficient (Wildman–Crippen LogP) is 2.77. The molecule has 2 aromatic rings. The zero-order chi connectivity index (χ0) is 13.7. The molecule has 0 saturated heterocycles. The largest absolute Gasteiger partial charge is 0.389 e. The second-order valence-corrected chi connectivity index (χ2v) is 4.99. The molecule has 19 heavy (non-hydrogen) atoms. The lowest BCUT2D eigenvalue weighted by Crippen LogP contribution is -2.21. The molecule has 0 fully saturated rings. The average Bonchev–Trinajstić information content (AvgIpc) is 2.86. The van der Waals surface area contributed by atoms with Gasteiger partial charge in [0.1, 0.15) is 0 Å². The van der Waals surface area contributed by atoms with E-state index in [2.05, 4.69) is 4.98 Å². The lowest BCUT2D eigenvalue weighted by molar-refractivity contribution is 0.0203. The van der Waals surface area contributed by atoms with Crippen molar-refractivity contribution < 1.29 is 9.84 Å². The van der Waals surface area contributed by atoms with Crippen LogP contribution in [0.4, 0.5) is 0 Å². The zero-order valence-electron chi connectivity index (χ0n) is 10.2. The van der Waals surface area contributed by atoms with Crippen LogP contribution in [0.3, 0.4) is 0 Å². The summed E-state index contributed by atoms with van der Waals surface area (Å²) in [6, 6.07) is 5.33. The van der Waals surface area contributed by atoms with Crippen molar-refractivity contribution in [2.45, 2.75) is 19.3 Å². The highest BCUT2D eigenvalue weighted by Crippen LogP contribution is 2.22. The first kappa shape index (κ1) is 14.3. The van der Waals surface area contributed by atoms with Crippen molar-refractivity contribution in [3.8, 4) is 0 Å². The highest BCUT2D eigenvalue weighted by atomic mass is 35.5. The molecule has 1 unspecified atom stereocenters. The van der Waals surface area contributed by atoms with Crippen LogP contribution < -0.4 is 0 Å². The lowest BCUT2D eigenvalue weighted by atomic mass is 10.2. The summed E-state index contributed by atoms with van der Waals surface area (Å²) in [4.78, 5) is 3.90. The van der Waals surface area contributed by atoms with Gasteiger partial charge in [0.2, 0.25) is 0 Å². The Kier molecular flexibility index (Phi) is 5.22. The summed E-state index contributed by atoms with van der Waals surface area (Å²) < 4.78 is 7.24. The summed E-state index contributed by atoms with van der Waals surface area (Å²) in [6.07, 6.45) is 4.55. The van der Waals surface area contributed by atoms with Crippen molar-refractivity contribution in [3.63, 3.8) is 0 Å². The van der Waals surface area contributed by atoms with E-state index in [1.165, 1.54) is 0 Å². The van der Waals surface area contributed by atoms with E-state index in [0.29, 0.717) is 23.2 Å². The van der Waals surface area contributed by atoms with Crippen molar-refractivity contribution in [1.82, 2.24) is 9.55 Å². The Bertz CT molecular complexity index is 517. The molecule has 1 heterocycles. The van der Waals surface area contributed by atoms with Gasteiger partial charge in [-0.15, -0.1) is 0 Å². The number of aliphatic hydroxyl groups is 1. The highest BCUT2D eigenvalue weighted by molar-refractivity contribution is 6.42. The highest BCUT2D eigenvalue weighted by Gasteiger charge is 2.06. The summed E-state index contributed by atoms with van der Waals surface area (Å²) in [7, 11) is 0. The number of rotatable bonds is 6. The maximum atomic E-state index is 9.78. The number of hydrogen-bond donors (Lipinski definition) is 1. The van der Waals surface area contributed by atoms with Crippen LogP contribution in [0, 0.1) is 0 Å². The molecular weight excluding hydrogens is 287 g/mol. The number of halogens is 2. The molecule has 6 heteroatoms. The Balaban J connectivity index is 1.75. The van der Waals surface area contributed by atoms with Crippen LogP contribution in [-0.4, -0.2) is 27.4 Å². The normalized spacial score (nSPS) is 12.6. The van der Waals surface area contributed by atoms with Gasteiger partial charge in [-0.3, -0.25) is 0 Å². The quantitative estimate of drug-likeness (QED) is 0.892. The van der Waals surface area contributed by atoms with Crippen LogP contribution in [0.25, 0.3) is 0 Å². The summed E-state index contributed by atoms with van der Waals surface area (Å²) in [5.74, 6) is 0. The maximum absolute atomic E-state index is 9.78. The second-order valence-electron chi connectivity index (χ2n) is 4.18. The number of nitrogens with zero attached hydrogens (tertiary/aromatic N) is 2. The minimum Gasteiger partial charge on any atom is -0.389 e. The Hall–Kier alpha value is -1.07. The Morgan fingerprint density at radius 3 is 2.84 bits per heavy atom. The molecule has 0 radical (unpaired) electrons. The third kappa shape index (κ3) is 4.51. The molecule has 0 saturated carbocycles. The van der Waals surface area contributed by atoms with E-state index in [-0.39, 0.29) is 6.61 Å². The molecule has 1 N–H and O–H groups in total. The van der Waals surface area contributed by atoms with Gasteiger partial charge >= 0.3 is 0 Å². The van der Waals surface area contributed by atoms with Crippen LogP contribution >= 0.6 is 23.2 Å². The monoisotopic (exact) mass is 300 g/mol. The van der Waals surface area contributed by atoms with E-state index in [1.54, 1.807) is 35.4 Å². The molecule has 0 bridgehead atoms. The summed E-state index contributed by atoms with van der Waals surface area (Å²) >= 11 is 11.7. The number of aliphatic hydroxyl groups excluding tert-OH is 1. The SMILES string of the molecule is OC(COCc1ccc(Cl)c(Cl)c1)Cn1ccnc1. The molecular formula is C13H14Cl2N2O2. The van der Waals surface area contributed by atoms with Gasteiger partial charge in [-0.25, -0.2) is 4.98 Å². The van der Waals surface area contributed by atoms with Crippen LogP contribution in [0.15, 0.2) is 36.9 Å². The third-order valence-corrected chi connectivity index (χ3v) is 3.28. The van der Waals surface area contributed by atoms with Gasteiger partial charge < -0.3 is 14.4 Å². The fraction of sp³-hybridized carbons (Fsp3) is 0.308. The lowest BCUT2D eigenvalue weighted by Gasteiger charge is -2.12. The van der Waals surface area contributed by atoms with Crippen molar-refractivity contribution in [2.24, 2.45) is 0 Å². The molecule has 0 aliphatic heterocycles. The van der Waals surface area contributed by atoms with Gasteiger partial charge in [-0.1, -0.05) is 29.3 Å². The van der Waals surface area contributed by atoms with Gasteiger partial charge in [0, 0.05) is 12.4 Å². The molecule has 0 aliphatic rings. The van der Waals surface area contributed by atoms with Gasteiger partial charge in [-0.05, 0) is 17.7 Å². The van der Waals surface area contributed by atoms with E-state index < -0.39 is 6.10 Å². The van der Waals surface area contributed by atoms with Crippen molar-refractivity contribution >= 4 is 23.2 Å². The van der Waals surface area contributed by atoms with Crippen LogP contribution in [-0.2, 0) is 17.9 Å². The minimum atomic E-state index is -0.572. The number of ether oxygens (including phenoxy) is 1. The number of aromatic nitrogens is 2. The van der Waals surface area contributed by atoms with E-state index in [1.807, 2.05) is 6.07 Å². The second kappa shape index (κ2) is 6.91. The fourth-order valence-electron chi connectivity index (χ4n) is 1.63. The first-order chi connectivity index (χ1) is 9.15. The number of imidazole rings is 1. The van der Waals surface area contributed by atoms with Crippen molar-refractivity contribution in [1.29, 1.82) is 0 Å². The first-order valence-electron chi connectivity index (χ1n) is 5.80. The Morgan fingerprint density at radius 1 is 1.32 bits per heavy atom. The summed E-state index contributed by atoms with van der Waals surface area (Å²) in [5, 5.41) is 10.8. The van der Waals surface area contributed by atoms with Gasteiger partial charge in [0.15, 0.2) is 0 Å². The molecule has 0 amide bonds.